The van der Waals surface area contributed by atoms with E-state index >= 15 is 0 Å². The molecule has 5 rings (SSSR count). The number of para-hydroxylation sites is 1. The summed E-state index contributed by atoms with van der Waals surface area (Å²) in [5, 5.41) is 14.4. The van der Waals surface area contributed by atoms with E-state index in [1.54, 1.807) is 24.3 Å². The van der Waals surface area contributed by atoms with Gasteiger partial charge in [0, 0.05) is 45.4 Å². The third-order valence-corrected chi connectivity index (χ3v) is 5.51. The first-order valence-corrected chi connectivity index (χ1v) is 9.45. The summed E-state index contributed by atoms with van der Waals surface area (Å²) in [6.07, 6.45) is 0. The molecule has 0 saturated heterocycles. The van der Waals surface area contributed by atoms with Crippen molar-refractivity contribution < 1.29 is 5.11 Å². The molecule has 0 radical (unpaired) electrons. The first-order valence-electron chi connectivity index (χ1n) is 9.45. The molecule has 0 aliphatic heterocycles. The summed E-state index contributed by atoms with van der Waals surface area (Å²) in [5.41, 5.74) is 0.506. The van der Waals surface area contributed by atoms with Gasteiger partial charge in [-0.05, 0) is 32.3 Å². The van der Waals surface area contributed by atoms with Gasteiger partial charge in [-0.3, -0.25) is 14.2 Å². The van der Waals surface area contributed by atoms with Crippen LogP contribution in [0.5, 0.6) is 5.75 Å². The number of aromatic nitrogens is 2. The van der Waals surface area contributed by atoms with E-state index in [9.17, 15) is 14.7 Å². The second kappa shape index (κ2) is 6.25. The lowest BCUT2D eigenvalue weighted by atomic mass is 10.1. The molecule has 0 amide bonds. The molecule has 144 valence electrons. The van der Waals surface area contributed by atoms with Gasteiger partial charge in [-0.15, -0.1) is 0 Å². The van der Waals surface area contributed by atoms with Crippen molar-refractivity contribution in [3.05, 3.63) is 69.2 Å². The molecular formula is C23H19N3O3. The molecule has 0 spiro atoms. The fraction of sp³-hybridized carbons (Fsp3) is 0.174. The largest absolute Gasteiger partial charge is 0.505 e. The zero-order valence-electron chi connectivity index (χ0n) is 16.1. The van der Waals surface area contributed by atoms with Crippen LogP contribution in [-0.4, -0.2) is 40.2 Å². The number of nitrogens with zero attached hydrogens (tertiary/aromatic N) is 3. The van der Waals surface area contributed by atoms with Crippen molar-refractivity contribution in [2.75, 3.05) is 20.6 Å². The maximum absolute atomic E-state index is 13.4. The third-order valence-electron chi connectivity index (χ3n) is 5.51. The zero-order chi connectivity index (χ0) is 20.3. The van der Waals surface area contributed by atoms with Crippen LogP contribution in [0.25, 0.3) is 43.4 Å². The zero-order valence-corrected chi connectivity index (χ0v) is 16.1. The Labute approximate surface area is 165 Å². The van der Waals surface area contributed by atoms with Gasteiger partial charge in [-0.2, -0.15) is 0 Å². The maximum Gasteiger partial charge on any atom is 0.261 e. The Balaban J connectivity index is 2.04. The number of benzene rings is 2. The highest BCUT2D eigenvalue weighted by Crippen LogP contribution is 2.37. The molecule has 0 atom stereocenters. The van der Waals surface area contributed by atoms with Crippen molar-refractivity contribution in [1.29, 1.82) is 0 Å². The minimum atomic E-state index is -0.345. The predicted molar refractivity (Wildman–Crippen MR) is 116 cm³/mol. The van der Waals surface area contributed by atoms with Gasteiger partial charge in [-0.25, -0.2) is 4.98 Å². The molecule has 0 aliphatic carbocycles. The normalized spacial score (nSPS) is 12.1. The molecule has 6 heteroatoms. The highest BCUT2D eigenvalue weighted by Gasteiger charge is 2.18. The van der Waals surface area contributed by atoms with E-state index in [1.165, 1.54) is 4.57 Å². The van der Waals surface area contributed by atoms with Gasteiger partial charge in [0.15, 0.2) is 0 Å². The number of hydrogen-bond donors (Lipinski definition) is 1. The van der Waals surface area contributed by atoms with Crippen LogP contribution >= 0.6 is 0 Å². The smallest absolute Gasteiger partial charge is 0.261 e. The SMILES string of the molecule is CN(C)CCn1c(=O)c2cccc3c(O)c4nc5ccccc5c4cc(c1=O)c32. The summed E-state index contributed by atoms with van der Waals surface area (Å²) in [6, 6.07) is 14.5. The van der Waals surface area contributed by atoms with Crippen molar-refractivity contribution in [2.45, 2.75) is 6.54 Å². The standard InChI is InChI=1S/C23H19N3O3/c1-25(2)10-11-26-22(28)15-8-5-7-14-19(15)17(23(26)29)12-16-13-6-3-4-9-18(13)24-20(16)21(14)27/h3-9,12,27H,10-11H2,1-2H3. The predicted octanol–water partition coefficient (Wildman–Crippen LogP) is 2.92. The summed E-state index contributed by atoms with van der Waals surface area (Å²) < 4.78 is 1.29. The Kier molecular flexibility index (Phi) is 3.79. The van der Waals surface area contributed by atoms with Gasteiger partial charge < -0.3 is 10.0 Å². The Morgan fingerprint density at radius 2 is 1.59 bits per heavy atom. The minimum absolute atomic E-state index is 0.0124. The first-order chi connectivity index (χ1) is 14.0. The van der Waals surface area contributed by atoms with Crippen molar-refractivity contribution in [2.24, 2.45) is 0 Å². The summed E-state index contributed by atoms with van der Waals surface area (Å²) in [7, 11) is 3.80. The summed E-state index contributed by atoms with van der Waals surface area (Å²) in [4.78, 5) is 33.0. The van der Waals surface area contributed by atoms with Crippen LogP contribution in [0.3, 0.4) is 0 Å². The first kappa shape index (κ1) is 17.6. The second-order valence-electron chi connectivity index (χ2n) is 7.59. The fourth-order valence-electron chi connectivity index (χ4n) is 4.05. The Bertz CT molecular complexity index is 1540. The van der Waals surface area contributed by atoms with Crippen molar-refractivity contribution in [3.8, 4) is 5.75 Å². The molecule has 0 fully saturated rings. The topological polar surface area (TPSA) is 75.4 Å². The average molecular weight is 385 g/mol. The maximum atomic E-state index is 13.4. The van der Waals surface area contributed by atoms with Crippen molar-refractivity contribution in [1.82, 2.24) is 14.5 Å². The highest BCUT2D eigenvalue weighted by atomic mass is 16.3. The van der Waals surface area contributed by atoms with Crippen molar-refractivity contribution in [3.63, 3.8) is 0 Å². The molecule has 0 unspecified atom stereocenters. The van der Waals surface area contributed by atoms with Crippen molar-refractivity contribution >= 4 is 43.4 Å². The van der Waals surface area contributed by atoms with Gasteiger partial charge >= 0.3 is 0 Å². The van der Waals surface area contributed by atoms with E-state index < -0.39 is 0 Å². The van der Waals surface area contributed by atoms with Crippen LogP contribution in [0.4, 0.5) is 0 Å². The molecule has 2 aromatic heterocycles. The molecule has 29 heavy (non-hydrogen) atoms. The van der Waals surface area contributed by atoms with E-state index in [0.717, 1.165) is 10.9 Å². The van der Waals surface area contributed by atoms with E-state index in [0.29, 0.717) is 45.5 Å². The summed E-state index contributed by atoms with van der Waals surface area (Å²) in [6.45, 7) is 0.873. The highest BCUT2D eigenvalue weighted by molar-refractivity contribution is 6.20. The summed E-state index contributed by atoms with van der Waals surface area (Å²) >= 11 is 0. The third kappa shape index (κ3) is 2.49. The second-order valence-corrected chi connectivity index (χ2v) is 7.59. The monoisotopic (exact) mass is 385 g/mol. The minimum Gasteiger partial charge on any atom is -0.505 e. The van der Waals surface area contributed by atoms with Gasteiger partial charge in [0.25, 0.3) is 11.1 Å². The van der Waals surface area contributed by atoms with Crippen LogP contribution in [0, 0.1) is 0 Å². The lowest BCUT2D eigenvalue weighted by Gasteiger charge is -2.12. The molecule has 0 saturated carbocycles. The van der Waals surface area contributed by atoms with Gasteiger partial charge in [-0.1, -0.05) is 30.3 Å². The molecule has 0 aliphatic rings. The molecular weight excluding hydrogens is 366 g/mol. The quantitative estimate of drug-likeness (QED) is 0.517. The average Bonchev–Trinajstić information content (AvgIpc) is 3.02. The van der Waals surface area contributed by atoms with E-state index in [-0.39, 0.29) is 16.9 Å². The molecule has 5 aromatic rings. The molecule has 1 N–H and O–H groups in total. The van der Waals surface area contributed by atoms with E-state index in [2.05, 4.69) is 4.98 Å². The number of aromatic hydroxyl groups is 1. The van der Waals surface area contributed by atoms with E-state index in [4.69, 9.17) is 0 Å². The van der Waals surface area contributed by atoms with Crippen LogP contribution in [0.15, 0.2) is 58.1 Å². The molecule has 0 bridgehead atoms. The van der Waals surface area contributed by atoms with Crippen LogP contribution in [0.2, 0.25) is 0 Å². The number of hydrogen-bond acceptors (Lipinski definition) is 5. The fourth-order valence-corrected chi connectivity index (χ4v) is 4.05. The lowest BCUT2D eigenvalue weighted by Crippen LogP contribution is -2.36. The number of fused-ring (bicyclic) bond motifs is 3. The number of likely N-dealkylation sites (N-methyl/N-ethyl adjacent to an activating group) is 1. The number of rotatable bonds is 3. The number of pyridine rings is 1. The Morgan fingerprint density at radius 1 is 0.897 bits per heavy atom. The van der Waals surface area contributed by atoms with Crippen LogP contribution in [0.1, 0.15) is 0 Å². The van der Waals surface area contributed by atoms with Crippen LogP contribution < -0.4 is 11.1 Å². The van der Waals surface area contributed by atoms with E-state index in [1.807, 2.05) is 43.3 Å². The Morgan fingerprint density at radius 3 is 2.38 bits per heavy atom. The lowest BCUT2D eigenvalue weighted by molar-refractivity contribution is 0.379. The molecule has 3 aromatic carbocycles. The molecule has 6 nitrogen and oxygen atoms in total. The summed E-state index contributed by atoms with van der Waals surface area (Å²) in [5.74, 6) is -0.0124. The van der Waals surface area contributed by atoms with Gasteiger partial charge in [0.05, 0.1) is 5.52 Å². The Hall–Kier alpha value is -3.51. The molecule has 2 heterocycles. The van der Waals surface area contributed by atoms with Gasteiger partial charge in [0.1, 0.15) is 11.3 Å². The van der Waals surface area contributed by atoms with Crippen LogP contribution in [-0.2, 0) is 6.54 Å². The van der Waals surface area contributed by atoms with Gasteiger partial charge in [0.2, 0.25) is 0 Å².